The van der Waals surface area contributed by atoms with Crippen molar-refractivity contribution in [2.24, 2.45) is 0 Å². The molecule has 27 heavy (non-hydrogen) atoms. The monoisotopic (exact) mass is 361 g/mol. The van der Waals surface area contributed by atoms with Crippen LogP contribution >= 0.6 is 0 Å². The molecule has 0 atom stereocenters. The Hall–Kier alpha value is -2.88. The molecule has 0 spiro atoms. The van der Waals surface area contributed by atoms with Crippen LogP contribution < -0.4 is 5.32 Å². The molecule has 3 rings (SSSR count). The van der Waals surface area contributed by atoms with Crippen molar-refractivity contribution in [2.45, 2.75) is 39.2 Å². The van der Waals surface area contributed by atoms with E-state index in [9.17, 15) is 4.79 Å². The Balaban J connectivity index is 1.60. The Labute approximate surface area is 160 Å². The molecule has 0 aliphatic rings. The fraction of sp³-hybridized carbons (Fsp3) is 0.304. The summed E-state index contributed by atoms with van der Waals surface area (Å²) in [5, 5.41) is 2.96. The average molecular weight is 361 g/mol. The second-order valence-corrected chi connectivity index (χ2v) is 6.66. The van der Waals surface area contributed by atoms with E-state index in [1.165, 1.54) is 18.4 Å². The van der Waals surface area contributed by atoms with E-state index in [1.807, 2.05) is 42.5 Å². The van der Waals surface area contributed by atoms with Crippen LogP contribution in [0.3, 0.4) is 0 Å². The van der Waals surface area contributed by atoms with E-state index in [2.05, 4.69) is 35.0 Å². The van der Waals surface area contributed by atoms with Crippen LogP contribution in [-0.2, 0) is 17.8 Å². The molecule has 0 radical (unpaired) electrons. The molecule has 4 heteroatoms. The third-order valence-electron chi connectivity index (χ3n) is 4.59. The van der Waals surface area contributed by atoms with Crippen molar-refractivity contribution in [3.05, 3.63) is 72.1 Å². The molecule has 1 amide bonds. The van der Waals surface area contributed by atoms with E-state index in [0.29, 0.717) is 6.54 Å². The number of rotatable bonds is 9. The van der Waals surface area contributed by atoms with Crippen molar-refractivity contribution in [1.82, 2.24) is 14.9 Å². The maximum Gasteiger partial charge on any atom is 0.244 e. The highest BCUT2D eigenvalue weighted by atomic mass is 16.1. The molecule has 0 bridgehead atoms. The van der Waals surface area contributed by atoms with Crippen LogP contribution in [-0.4, -0.2) is 22.0 Å². The fourth-order valence-electron chi connectivity index (χ4n) is 3.18. The first-order valence-electron chi connectivity index (χ1n) is 9.73. The third kappa shape index (κ3) is 5.30. The number of hydrogen-bond acceptors (Lipinski definition) is 2. The minimum absolute atomic E-state index is 0.0764. The van der Waals surface area contributed by atoms with Crippen molar-refractivity contribution in [1.29, 1.82) is 0 Å². The molecular formula is C23H27N3O. The summed E-state index contributed by atoms with van der Waals surface area (Å²) < 4.78 is 2.30. The normalized spacial score (nSPS) is 11.3. The molecule has 0 saturated carbocycles. The zero-order valence-electron chi connectivity index (χ0n) is 15.9. The lowest BCUT2D eigenvalue weighted by Gasteiger charge is -2.09. The lowest BCUT2D eigenvalue weighted by atomic mass is 10.2. The van der Waals surface area contributed by atoms with Crippen molar-refractivity contribution < 1.29 is 4.79 Å². The molecule has 1 N–H and O–H groups in total. The summed E-state index contributed by atoms with van der Waals surface area (Å²) in [6.45, 7) is 3.77. The van der Waals surface area contributed by atoms with Crippen LogP contribution in [0.1, 0.15) is 37.6 Å². The van der Waals surface area contributed by atoms with E-state index in [-0.39, 0.29) is 5.91 Å². The van der Waals surface area contributed by atoms with Gasteiger partial charge in [-0.05, 0) is 30.2 Å². The van der Waals surface area contributed by atoms with Crippen LogP contribution in [0.4, 0.5) is 0 Å². The standard InChI is InChI=1S/C23H27N3O/c1-2-3-9-18-26-21-13-8-7-12-20(21)25-22(26)16-17-24-23(27)15-14-19-10-5-4-6-11-19/h4-8,10-15H,2-3,9,16-18H2,1H3,(H,24,27)/b15-14+. The lowest BCUT2D eigenvalue weighted by molar-refractivity contribution is -0.116. The molecule has 1 aromatic heterocycles. The van der Waals surface area contributed by atoms with E-state index in [1.54, 1.807) is 6.08 Å². The number of imidazole rings is 1. The summed E-state index contributed by atoms with van der Waals surface area (Å²) in [7, 11) is 0. The number of aryl methyl sites for hydroxylation is 1. The van der Waals surface area contributed by atoms with Gasteiger partial charge in [0.2, 0.25) is 5.91 Å². The van der Waals surface area contributed by atoms with Crippen LogP contribution in [0.2, 0.25) is 0 Å². The number of carbonyl (C=O) groups is 1. The fourth-order valence-corrected chi connectivity index (χ4v) is 3.18. The maximum atomic E-state index is 12.0. The second-order valence-electron chi connectivity index (χ2n) is 6.66. The highest BCUT2D eigenvalue weighted by molar-refractivity contribution is 5.91. The smallest absolute Gasteiger partial charge is 0.244 e. The van der Waals surface area contributed by atoms with Gasteiger partial charge in [-0.15, -0.1) is 0 Å². The quantitative estimate of drug-likeness (QED) is 0.447. The number of aromatic nitrogens is 2. The maximum absolute atomic E-state index is 12.0. The molecule has 0 aliphatic carbocycles. The van der Waals surface area contributed by atoms with Gasteiger partial charge in [-0.1, -0.05) is 62.2 Å². The molecule has 2 aromatic carbocycles. The van der Waals surface area contributed by atoms with Crippen molar-refractivity contribution in [3.63, 3.8) is 0 Å². The molecule has 0 saturated heterocycles. The van der Waals surface area contributed by atoms with Crippen LogP contribution in [0, 0.1) is 0 Å². The Kier molecular flexibility index (Phi) is 6.80. The first kappa shape index (κ1) is 18.9. The summed E-state index contributed by atoms with van der Waals surface area (Å²) in [4.78, 5) is 16.8. The van der Waals surface area contributed by atoms with Crippen LogP contribution in [0.25, 0.3) is 17.1 Å². The van der Waals surface area contributed by atoms with E-state index >= 15 is 0 Å². The summed E-state index contributed by atoms with van der Waals surface area (Å²) in [6, 6.07) is 18.1. The van der Waals surface area contributed by atoms with Crippen molar-refractivity contribution in [2.75, 3.05) is 6.54 Å². The minimum atomic E-state index is -0.0764. The molecule has 0 unspecified atom stereocenters. The highest BCUT2D eigenvalue weighted by Crippen LogP contribution is 2.17. The zero-order valence-corrected chi connectivity index (χ0v) is 15.9. The molecule has 140 valence electrons. The topological polar surface area (TPSA) is 46.9 Å². The van der Waals surface area contributed by atoms with Gasteiger partial charge in [0, 0.05) is 25.6 Å². The summed E-state index contributed by atoms with van der Waals surface area (Å²) in [5.41, 5.74) is 3.23. The van der Waals surface area contributed by atoms with Gasteiger partial charge in [0.05, 0.1) is 11.0 Å². The Morgan fingerprint density at radius 2 is 1.85 bits per heavy atom. The molecule has 1 heterocycles. The molecule has 4 nitrogen and oxygen atoms in total. The zero-order chi connectivity index (χ0) is 18.9. The van der Waals surface area contributed by atoms with Crippen molar-refractivity contribution >= 4 is 23.0 Å². The van der Waals surface area contributed by atoms with Crippen LogP contribution in [0.15, 0.2) is 60.7 Å². The Morgan fingerprint density at radius 1 is 1.07 bits per heavy atom. The van der Waals surface area contributed by atoms with Crippen LogP contribution in [0.5, 0.6) is 0 Å². The number of benzene rings is 2. The number of hydrogen-bond donors (Lipinski definition) is 1. The number of unbranched alkanes of at least 4 members (excludes halogenated alkanes) is 2. The van der Waals surface area contributed by atoms with E-state index < -0.39 is 0 Å². The Morgan fingerprint density at radius 3 is 2.67 bits per heavy atom. The van der Waals surface area contributed by atoms with Gasteiger partial charge >= 0.3 is 0 Å². The van der Waals surface area contributed by atoms with Gasteiger partial charge < -0.3 is 9.88 Å². The van der Waals surface area contributed by atoms with Gasteiger partial charge in [-0.3, -0.25) is 4.79 Å². The summed E-state index contributed by atoms with van der Waals surface area (Å²) in [5.74, 6) is 0.965. The SMILES string of the molecule is CCCCCn1c(CCNC(=O)/C=C/c2ccccc2)nc2ccccc21. The van der Waals surface area contributed by atoms with Gasteiger partial charge in [0.15, 0.2) is 0 Å². The third-order valence-corrected chi connectivity index (χ3v) is 4.59. The highest BCUT2D eigenvalue weighted by Gasteiger charge is 2.10. The van der Waals surface area contributed by atoms with Gasteiger partial charge in [-0.2, -0.15) is 0 Å². The van der Waals surface area contributed by atoms with Gasteiger partial charge in [0.1, 0.15) is 5.82 Å². The number of amides is 1. The largest absolute Gasteiger partial charge is 0.352 e. The summed E-state index contributed by atoms with van der Waals surface area (Å²) >= 11 is 0. The number of fused-ring (bicyclic) bond motifs is 1. The van der Waals surface area contributed by atoms with Crippen molar-refractivity contribution in [3.8, 4) is 0 Å². The minimum Gasteiger partial charge on any atom is -0.352 e. The predicted octanol–water partition coefficient (Wildman–Crippen LogP) is 4.60. The number of nitrogens with zero attached hydrogens (tertiary/aromatic N) is 2. The number of para-hydroxylation sites is 2. The molecule has 0 aliphatic heterocycles. The average Bonchev–Trinajstić information content (AvgIpc) is 3.05. The molecule has 3 aromatic rings. The van der Waals surface area contributed by atoms with E-state index in [0.717, 1.165) is 36.3 Å². The van der Waals surface area contributed by atoms with Gasteiger partial charge in [-0.25, -0.2) is 4.98 Å². The second kappa shape index (κ2) is 9.72. The summed E-state index contributed by atoms with van der Waals surface area (Å²) in [6.07, 6.45) is 7.70. The Bertz CT molecular complexity index is 896. The first-order valence-corrected chi connectivity index (χ1v) is 9.73. The number of carbonyl (C=O) groups excluding carboxylic acids is 1. The molecule has 0 fully saturated rings. The first-order chi connectivity index (χ1) is 13.3. The predicted molar refractivity (Wildman–Crippen MR) is 111 cm³/mol. The molecular weight excluding hydrogens is 334 g/mol. The van der Waals surface area contributed by atoms with E-state index in [4.69, 9.17) is 4.98 Å². The number of nitrogens with one attached hydrogen (secondary N) is 1. The van der Waals surface area contributed by atoms with Gasteiger partial charge in [0.25, 0.3) is 0 Å². The lowest BCUT2D eigenvalue weighted by Crippen LogP contribution is -2.24.